The van der Waals surface area contributed by atoms with Crippen molar-refractivity contribution in [1.29, 1.82) is 5.26 Å². The van der Waals surface area contributed by atoms with E-state index in [9.17, 15) is 9.59 Å². The summed E-state index contributed by atoms with van der Waals surface area (Å²) >= 11 is 7.30. The Morgan fingerprint density at radius 1 is 1.28 bits per heavy atom. The summed E-state index contributed by atoms with van der Waals surface area (Å²) in [6.07, 6.45) is 1.29. The van der Waals surface area contributed by atoms with Crippen LogP contribution in [0.3, 0.4) is 0 Å². The monoisotopic (exact) mass is 372 g/mol. The molecule has 0 bridgehead atoms. The number of aromatic nitrogens is 3. The molecule has 0 amide bonds. The minimum atomic E-state index is -0.599. The fourth-order valence-electron chi connectivity index (χ4n) is 2.36. The lowest BCUT2D eigenvalue weighted by Crippen LogP contribution is -2.41. The number of rotatable bonds is 4. The molecule has 0 aliphatic rings. The number of benzene rings is 1. The number of hydrogen-bond donors (Lipinski definition) is 0. The summed E-state index contributed by atoms with van der Waals surface area (Å²) in [4.78, 5) is 29.2. The predicted octanol–water partition coefficient (Wildman–Crippen LogP) is 2.73. The molecule has 0 aliphatic heterocycles. The van der Waals surface area contributed by atoms with Crippen LogP contribution < -0.4 is 11.2 Å². The van der Waals surface area contributed by atoms with Gasteiger partial charge in [0.1, 0.15) is 16.6 Å². The molecule has 0 saturated carbocycles. The quantitative estimate of drug-likeness (QED) is 0.705. The fourth-order valence-corrected chi connectivity index (χ4v) is 3.31. The van der Waals surface area contributed by atoms with Crippen molar-refractivity contribution >= 4 is 22.9 Å². The van der Waals surface area contributed by atoms with Crippen LogP contribution in [-0.2, 0) is 13.1 Å². The average Bonchev–Trinajstić information content (AvgIpc) is 3.08. The van der Waals surface area contributed by atoms with Crippen LogP contribution in [0.25, 0.3) is 10.6 Å². The molecule has 0 N–H and O–H groups in total. The Labute approximate surface area is 152 Å². The van der Waals surface area contributed by atoms with E-state index in [1.165, 1.54) is 22.1 Å². The highest BCUT2D eigenvalue weighted by atomic mass is 35.5. The predicted molar refractivity (Wildman–Crippen MR) is 97.0 cm³/mol. The van der Waals surface area contributed by atoms with Crippen LogP contribution in [0.2, 0.25) is 5.02 Å². The lowest BCUT2D eigenvalue weighted by molar-refractivity contribution is 0.593. The molecule has 0 radical (unpaired) electrons. The Morgan fingerprint density at radius 2 is 2.00 bits per heavy atom. The van der Waals surface area contributed by atoms with Gasteiger partial charge in [0.2, 0.25) is 0 Å². The molecule has 126 valence electrons. The van der Waals surface area contributed by atoms with Gasteiger partial charge in [0.15, 0.2) is 0 Å². The fraction of sp³-hybridized carbons (Fsp3) is 0.176. The van der Waals surface area contributed by atoms with Gasteiger partial charge >= 0.3 is 5.69 Å². The molecular formula is C17H13ClN4O2S. The maximum absolute atomic E-state index is 12.4. The van der Waals surface area contributed by atoms with Crippen LogP contribution in [0.5, 0.6) is 0 Å². The first-order chi connectivity index (χ1) is 12.0. The first-order valence-corrected chi connectivity index (χ1v) is 8.74. The molecule has 0 fully saturated rings. The second-order valence-corrected chi connectivity index (χ2v) is 6.56. The molecule has 0 spiro atoms. The first-order valence-electron chi connectivity index (χ1n) is 7.48. The van der Waals surface area contributed by atoms with Crippen molar-refractivity contribution < 1.29 is 0 Å². The Hall–Kier alpha value is -2.69. The van der Waals surface area contributed by atoms with Gasteiger partial charge in [0, 0.05) is 28.7 Å². The van der Waals surface area contributed by atoms with Crippen LogP contribution >= 0.6 is 22.9 Å². The molecule has 0 atom stereocenters. The third-order valence-electron chi connectivity index (χ3n) is 3.66. The van der Waals surface area contributed by atoms with E-state index in [0.29, 0.717) is 17.3 Å². The normalized spacial score (nSPS) is 10.6. The number of halogens is 1. The van der Waals surface area contributed by atoms with Crippen molar-refractivity contribution in [2.75, 3.05) is 0 Å². The van der Waals surface area contributed by atoms with Crippen molar-refractivity contribution in [3.63, 3.8) is 0 Å². The molecule has 0 aliphatic carbocycles. The Balaban J connectivity index is 1.99. The zero-order chi connectivity index (χ0) is 18.0. The van der Waals surface area contributed by atoms with Crippen molar-refractivity contribution in [3.8, 4) is 16.6 Å². The van der Waals surface area contributed by atoms with Crippen LogP contribution in [0.4, 0.5) is 0 Å². The van der Waals surface area contributed by atoms with Gasteiger partial charge in [0.25, 0.3) is 5.56 Å². The number of nitriles is 1. The zero-order valence-electron chi connectivity index (χ0n) is 13.3. The van der Waals surface area contributed by atoms with Crippen molar-refractivity contribution in [1.82, 2.24) is 14.1 Å². The molecule has 2 heterocycles. The number of aryl methyl sites for hydroxylation is 1. The van der Waals surface area contributed by atoms with Gasteiger partial charge in [-0.25, -0.2) is 9.78 Å². The third-order valence-corrected chi connectivity index (χ3v) is 4.85. The van der Waals surface area contributed by atoms with Gasteiger partial charge in [0.05, 0.1) is 12.2 Å². The highest BCUT2D eigenvalue weighted by Crippen LogP contribution is 2.25. The molecule has 6 nitrogen and oxygen atoms in total. The van der Waals surface area contributed by atoms with E-state index in [0.717, 1.165) is 15.1 Å². The second-order valence-electron chi connectivity index (χ2n) is 5.27. The average molecular weight is 373 g/mol. The van der Waals surface area contributed by atoms with Crippen LogP contribution in [-0.4, -0.2) is 14.1 Å². The minimum absolute atomic E-state index is 0.0251. The molecule has 0 saturated heterocycles. The number of hydrogen-bond acceptors (Lipinski definition) is 5. The smallest absolute Gasteiger partial charge is 0.299 e. The molecule has 3 aromatic rings. The summed E-state index contributed by atoms with van der Waals surface area (Å²) in [5, 5.41) is 12.3. The lowest BCUT2D eigenvalue weighted by atomic mass is 10.2. The standard InChI is InChI=1S/C17H13ClN4O2S/c1-2-21-8-12(7-19)16(23)22(17(21)24)9-14-10-25-15(20-14)11-3-5-13(18)6-4-11/h3-6,8,10H,2,9H2,1H3. The minimum Gasteiger partial charge on any atom is -0.299 e. The SMILES string of the molecule is CCn1cc(C#N)c(=O)n(Cc2csc(-c3ccc(Cl)cc3)n2)c1=O. The lowest BCUT2D eigenvalue weighted by Gasteiger charge is -2.08. The molecule has 25 heavy (non-hydrogen) atoms. The summed E-state index contributed by atoms with van der Waals surface area (Å²) < 4.78 is 2.38. The van der Waals surface area contributed by atoms with E-state index >= 15 is 0 Å². The van der Waals surface area contributed by atoms with Gasteiger partial charge < -0.3 is 0 Å². The van der Waals surface area contributed by atoms with Gasteiger partial charge in [-0.2, -0.15) is 5.26 Å². The van der Waals surface area contributed by atoms with E-state index in [1.807, 2.05) is 18.2 Å². The molecule has 1 aromatic carbocycles. The largest absolute Gasteiger partial charge is 0.331 e. The number of nitrogens with zero attached hydrogens (tertiary/aromatic N) is 4. The summed E-state index contributed by atoms with van der Waals surface area (Å²) in [5.41, 5.74) is 0.386. The summed E-state index contributed by atoms with van der Waals surface area (Å²) in [7, 11) is 0. The van der Waals surface area contributed by atoms with Gasteiger partial charge in [-0.15, -0.1) is 11.3 Å². The van der Waals surface area contributed by atoms with E-state index < -0.39 is 11.2 Å². The maximum atomic E-state index is 12.4. The Morgan fingerprint density at radius 3 is 2.64 bits per heavy atom. The van der Waals surface area contributed by atoms with Gasteiger partial charge in [-0.05, 0) is 19.1 Å². The zero-order valence-corrected chi connectivity index (χ0v) is 14.8. The van der Waals surface area contributed by atoms with Crippen molar-refractivity contribution in [3.05, 3.63) is 73.0 Å². The second kappa shape index (κ2) is 7.05. The van der Waals surface area contributed by atoms with Gasteiger partial charge in [-0.3, -0.25) is 13.9 Å². The highest BCUT2D eigenvalue weighted by Gasteiger charge is 2.13. The van der Waals surface area contributed by atoms with E-state index in [1.54, 1.807) is 24.4 Å². The molecule has 2 aromatic heterocycles. The molecule has 0 unspecified atom stereocenters. The third kappa shape index (κ3) is 3.40. The maximum Gasteiger partial charge on any atom is 0.331 e. The Bertz CT molecular complexity index is 1070. The number of thiazole rings is 1. The Kier molecular flexibility index (Phi) is 4.83. The van der Waals surface area contributed by atoms with E-state index in [2.05, 4.69) is 4.98 Å². The van der Waals surface area contributed by atoms with Crippen LogP contribution in [0.15, 0.2) is 45.4 Å². The van der Waals surface area contributed by atoms with E-state index in [4.69, 9.17) is 16.9 Å². The van der Waals surface area contributed by atoms with Crippen LogP contribution in [0, 0.1) is 11.3 Å². The summed E-state index contributed by atoms with van der Waals surface area (Å²) in [6, 6.07) is 9.11. The van der Waals surface area contributed by atoms with Gasteiger partial charge in [-0.1, -0.05) is 23.7 Å². The van der Waals surface area contributed by atoms with E-state index in [-0.39, 0.29) is 12.1 Å². The first kappa shape index (κ1) is 17.1. The highest BCUT2D eigenvalue weighted by molar-refractivity contribution is 7.13. The molecule has 8 heteroatoms. The van der Waals surface area contributed by atoms with Crippen LogP contribution in [0.1, 0.15) is 18.2 Å². The van der Waals surface area contributed by atoms with Crippen molar-refractivity contribution in [2.24, 2.45) is 0 Å². The summed E-state index contributed by atoms with van der Waals surface area (Å²) in [5.74, 6) is 0. The molecular weight excluding hydrogens is 360 g/mol. The topological polar surface area (TPSA) is 80.7 Å². The summed E-state index contributed by atoms with van der Waals surface area (Å²) in [6.45, 7) is 2.18. The van der Waals surface area contributed by atoms with Crippen molar-refractivity contribution in [2.45, 2.75) is 20.0 Å². The molecule has 3 rings (SSSR count).